The van der Waals surface area contributed by atoms with Gasteiger partial charge in [0.1, 0.15) is 6.04 Å². The zero-order valence-corrected chi connectivity index (χ0v) is 23.5. The van der Waals surface area contributed by atoms with Crippen LogP contribution in [-0.4, -0.2) is 64.6 Å². The summed E-state index contributed by atoms with van der Waals surface area (Å²) in [4.78, 5) is 43.6. The maximum absolute atomic E-state index is 13.2. The SMILES string of the molecule is O=C1CCC(N2Cc3ccc(CN4CCN(C(c5ccc(Cl)cc5)c5ccc(Cl)cc5)CC4)cc3C2=O)C(=O)N1. The van der Waals surface area contributed by atoms with E-state index in [1.807, 2.05) is 36.4 Å². The first kappa shape index (κ1) is 27.0. The Hall–Kier alpha value is -3.23. The normalized spacial score (nSPS) is 20.2. The van der Waals surface area contributed by atoms with Crippen molar-refractivity contribution < 1.29 is 14.4 Å². The fraction of sp³-hybridized carbons (Fsp3) is 0.323. The van der Waals surface area contributed by atoms with Crippen LogP contribution < -0.4 is 5.32 Å². The zero-order valence-electron chi connectivity index (χ0n) is 22.0. The molecule has 1 unspecified atom stereocenters. The predicted octanol–water partition coefficient (Wildman–Crippen LogP) is 4.66. The van der Waals surface area contributed by atoms with E-state index in [4.69, 9.17) is 23.2 Å². The number of imide groups is 1. The Balaban J connectivity index is 1.12. The minimum Gasteiger partial charge on any atom is -0.322 e. The van der Waals surface area contributed by atoms with Gasteiger partial charge in [0.15, 0.2) is 0 Å². The van der Waals surface area contributed by atoms with Crippen LogP contribution in [0.5, 0.6) is 0 Å². The molecular formula is C31H30Cl2N4O3. The van der Waals surface area contributed by atoms with Crippen LogP contribution in [0.15, 0.2) is 66.7 Å². The molecule has 6 rings (SSSR count). The first-order valence-electron chi connectivity index (χ1n) is 13.6. The van der Waals surface area contributed by atoms with Gasteiger partial charge in [-0.15, -0.1) is 0 Å². The molecule has 3 aromatic carbocycles. The second-order valence-corrected chi connectivity index (χ2v) is 11.6. The fourth-order valence-electron chi connectivity index (χ4n) is 6.04. The first-order chi connectivity index (χ1) is 19.4. The number of nitrogens with zero attached hydrogens (tertiary/aromatic N) is 3. The number of carbonyl (C=O) groups is 3. The van der Waals surface area contributed by atoms with Crippen molar-refractivity contribution in [3.63, 3.8) is 0 Å². The highest BCUT2D eigenvalue weighted by molar-refractivity contribution is 6.30. The Bertz CT molecular complexity index is 1390. The molecule has 206 valence electrons. The average Bonchev–Trinajstić information content (AvgIpc) is 3.27. The molecule has 7 nitrogen and oxygen atoms in total. The summed E-state index contributed by atoms with van der Waals surface area (Å²) in [6.07, 6.45) is 0.624. The van der Waals surface area contributed by atoms with Crippen LogP contribution in [0.4, 0.5) is 0 Å². The van der Waals surface area contributed by atoms with Gasteiger partial charge in [0, 0.05) is 61.3 Å². The molecule has 0 aromatic heterocycles. The molecule has 0 spiro atoms. The van der Waals surface area contributed by atoms with Crippen molar-refractivity contribution in [1.29, 1.82) is 0 Å². The van der Waals surface area contributed by atoms with Gasteiger partial charge < -0.3 is 4.90 Å². The van der Waals surface area contributed by atoms with Crippen LogP contribution in [0.25, 0.3) is 0 Å². The van der Waals surface area contributed by atoms with E-state index in [0.717, 1.165) is 53.9 Å². The van der Waals surface area contributed by atoms with Crippen LogP contribution in [0.2, 0.25) is 10.0 Å². The number of hydrogen-bond acceptors (Lipinski definition) is 5. The maximum Gasteiger partial charge on any atom is 0.255 e. The second kappa shape index (κ2) is 11.3. The summed E-state index contributed by atoms with van der Waals surface area (Å²) in [6, 6.07) is 21.7. The minimum atomic E-state index is -0.594. The molecule has 1 N–H and O–H groups in total. The first-order valence-corrected chi connectivity index (χ1v) is 14.3. The summed E-state index contributed by atoms with van der Waals surface area (Å²) in [5, 5.41) is 3.80. The number of carbonyl (C=O) groups excluding carboxylic acids is 3. The third-order valence-corrected chi connectivity index (χ3v) is 8.65. The summed E-state index contributed by atoms with van der Waals surface area (Å²) >= 11 is 12.4. The highest BCUT2D eigenvalue weighted by Gasteiger charge is 2.39. The van der Waals surface area contributed by atoms with E-state index in [0.29, 0.717) is 18.5 Å². The molecule has 1 atom stereocenters. The van der Waals surface area contributed by atoms with Crippen LogP contribution in [0, 0.1) is 0 Å². The highest BCUT2D eigenvalue weighted by Crippen LogP contribution is 2.32. The van der Waals surface area contributed by atoms with E-state index in [-0.39, 0.29) is 30.2 Å². The van der Waals surface area contributed by atoms with Gasteiger partial charge in [0.2, 0.25) is 11.8 Å². The lowest BCUT2D eigenvalue weighted by Gasteiger charge is -2.40. The van der Waals surface area contributed by atoms with Gasteiger partial charge in [-0.2, -0.15) is 0 Å². The summed E-state index contributed by atoms with van der Waals surface area (Å²) in [6.45, 7) is 4.72. The van der Waals surface area contributed by atoms with Crippen LogP contribution >= 0.6 is 23.2 Å². The van der Waals surface area contributed by atoms with E-state index in [2.05, 4.69) is 45.4 Å². The quantitative estimate of drug-likeness (QED) is 0.432. The summed E-state index contributed by atoms with van der Waals surface area (Å²) in [5.74, 6) is -0.795. The molecule has 40 heavy (non-hydrogen) atoms. The number of rotatable bonds is 6. The Morgan fingerprint density at radius 2 is 1.45 bits per heavy atom. The number of benzene rings is 3. The molecule has 0 radical (unpaired) electrons. The molecule has 3 aliphatic heterocycles. The average molecular weight is 578 g/mol. The van der Waals surface area contributed by atoms with Crippen molar-refractivity contribution in [3.8, 4) is 0 Å². The van der Waals surface area contributed by atoms with E-state index >= 15 is 0 Å². The van der Waals surface area contributed by atoms with Crippen molar-refractivity contribution >= 4 is 40.9 Å². The highest BCUT2D eigenvalue weighted by atomic mass is 35.5. The van der Waals surface area contributed by atoms with Crippen molar-refractivity contribution in [2.75, 3.05) is 26.2 Å². The molecule has 0 bridgehead atoms. The lowest BCUT2D eigenvalue weighted by atomic mass is 9.96. The van der Waals surface area contributed by atoms with Gasteiger partial charge in [-0.05, 0) is 59.0 Å². The number of piperidine rings is 1. The molecule has 0 aliphatic carbocycles. The van der Waals surface area contributed by atoms with Gasteiger partial charge in [0.05, 0.1) is 6.04 Å². The summed E-state index contributed by atoms with van der Waals surface area (Å²) in [5.41, 5.74) is 5.05. The molecule has 3 aliphatic rings. The molecular weight excluding hydrogens is 547 g/mol. The van der Waals surface area contributed by atoms with Crippen molar-refractivity contribution in [2.24, 2.45) is 0 Å². The van der Waals surface area contributed by atoms with Crippen molar-refractivity contribution in [2.45, 2.75) is 38.0 Å². The monoisotopic (exact) mass is 576 g/mol. The summed E-state index contributed by atoms with van der Waals surface area (Å²) in [7, 11) is 0. The van der Waals surface area contributed by atoms with Gasteiger partial charge in [0.25, 0.3) is 5.91 Å². The number of halogens is 2. The number of piperazine rings is 1. The number of amides is 3. The van der Waals surface area contributed by atoms with Crippen LogP contribution in [0.3, 0.4) is 0 Å². The Kier molecular flexibility index (Phi) is 7.64. The minimum absolute atomic E-state index is 0.104. The van der Waals surface area contributed by atoms with E-state index < -0.39 is 6.04 Å². The van der Waals surface area contributed by atoms with Gasteiger partial charge >= 0.3 is 0 Å². The third kappa shape index (κ3) is 5.52. The lowest BCUT2D eigenvalue weighted by Crippen LogP contribution is -2.52. The zero-order chi connectivity index (χ0) is 27.8. The Morgan fingerprint density at radius 3 is 2.05 bits per heavy atom. The van der Waals surface area contributed by atoms with Crippen molar-refractivity contribution in [3.05, 3.63) is 105 Å². The topological polar surface area (TPSA) is 73.0 Å². The smallest absolute Gasteiger partial charge is 0.255 e. The molecule has 3 amide bonds. The predicted molar refractivity (Wildman–Crippen MR) is 154 cm³/mol. The number of fused-ring (bicyclic) bond motifs is 1. The lowest BCUT2D eigenvalue weighted by molar-refractivity contribution is -0.136. The van der Waals surface area contributed by atoms with Crippen molar-refractivity contribution in [1.82, 2.24) is 20.0 Å². The van der Waals surface area contributed by atoms with Gasteiger partial charge in [-0.1, -0.05) is 59.6 Å². The molecule has 2 saturated heterocycles. The van der Waals surface area contributed by atoms with E-state index in [1.54, 1.807) is 4.90 Å². The second-order valence-electron chi connectivity index (χ2n) is 10.7. The standard InChI is InChI=1S/C31H30Cl2N4O3/c32-24-7-3-21(4-8-24)29(22-5-9-25(33)10-6-22)36-15-13-35(14-16-36)18-20-1-2-23-19-37(31(40)26(23)17-20)27-11-12-28(38)34-30(27)39/h1-10,17,27,29H,11-16,18-19H2,(H,34,38,39). The molecule has 3 aromatic rings. The van der Waals surface area contributed by atoms with Crippen LogP contribution in [-0.2, 0) is 22.7 Å². The molecule has 9 heteroatoms. The molecule has 0 saturated carbocycles. The van der Waals surface area contributed by atoms with Crippen LogP contribution in [0.1, 0.15) is 51.5 Å². The Labute approximate surface area is 243 Å². The van der Waals surface area contributed by atoms with E-state index in [9.17, 15) is 14.4 Å². The largest absolute Gasteiger partial charge is 0.322 e. The number of nitrogens with one attached hydrogen (secondary N) is 1. The van der Waals surface area contributed by atoms with E-state index in [1.165, 1.54) is 11.1 Å². The third-order valence-electron chi connectivity index (χ3n) is 8.14. The number of hydrogen-bond donors (Lipinski definition) is 1. The van der Waals surface area contributed by atoms with Gasteiger partial charge in [-0.3, -0.25) is 29.5 Å². The fourth-order valence-corrected chi connectivity index (χ4v) is 6.29. The molecule has 3 heterocycles. The maximum atomic E-state index is 13.2. The molecule has 2 fully saturated rings. The summed E-state index contributed by atoms with van der Waals surface area (Å²) < 4.78 is 0. The van der Waals surface area contributed by atoms with Gasteiger partial charge in [-0.25, -0.2) is 0 Å². The Morgan fingerprint density at radius 1 is 0.825 bits per heavy atom.